The largest absolute Gasteiger partial charge is 0.315 e. The molecule has 2 N–H and O–H groups in total. The molecule has 0 unspecified atom stereocenters. The van der Waals surface area contributed by atoms with Crippen molar-refractivity contribution in [3.63, 3.8) is 0 Å². The van der Waals surface area contributed by atoms with E-state index in [4.69, 9.17) is 0 Å². The van der Waals surface area contributed by atoms with Crippen LogP contribution < -0.4 is 10.6 Å². The summed E-state index contributed by atoms with van der Waals surface area (Å²) in [5.41, 5.74) is 4.71. The molecule has 0 aromatic heterocycles. The smallest absolute Gasteiger partial charge is 0.00793 e. The molecular weight excluding hydrogens is 232 g/mol. The number of rotatable bonds is 7. The molecule has 0 aliphatic heterocycles. The lowest BCUT2D eigenvalue weighted by Crippen LogP contribution is -2.29. The van der Waals surface area contributed by atoms with E-state index in [-0.39, 0.29) is 0 Å². The standard InChI is InChI=1S/C17H26N2/c1-2-4-16-13-14(5-6-15(16)3-1)9-10-18-11-12-19-17-7-8-17/h5-6,13,17-19H,1-4,7-12H2. The first-order valence-electron chi connectivity index (χ1n) is 7.96. The Hall–Kier alpha value is -0.860. The highest BCUT2D eigenvalue weighted by Gasteiger charge is 2.19. The van der Waals surface area contributed by atoms with Crippen LogP contribution in [0.15, 0.2) is 18.2 Å². The Kier molecular flexibility index (Phi) is 4.52. The first-order valence-corrected chi connectivity index (χ1v) is 7.96. The van der Waals surface area contributed by atoms with Crippen molar-refractivity contribution in [3.8, 4) is 0 Å². The van der Waals surface area contributed by atoms with E-state index in [0.717, 1.165) is 32.1 Å². The highest BCUT2D eigenvalue weighted by Crippen LogP contribution is 2.22. The van der Waals surface area contributed by atoms with Gasteiger partial charge < -0.3 is 10.6 Å². The van der Waals surface area contributed by atoms with Gasteiger partial charge in [0.15, 0.2) is 0 Å². The molecule has 0 amide bonds. The average molecular weight is 258 g/mol. The van der Waals surface area contributed by atoms with E-state index in [2.05, 4.69) is 28.8 Å². The van der Waals surface area contributed by atoms with E-state index in [0.29, 0.717) is 0 Å². The van der Waals surface area contributed by atoms with Crippen molar-refractivity contribution in [2.45, 2.75) is 51.0 Å². The molecule has 2 heteroatoms. The molecule has 3 rings (SSSR count). The molecule has 19 heavy (non-hydrogen) atoms. The van der Waals surface area contributed by atoms with Crippen LogP contribution in [0.1, 0.15) is 42.4 Å². The van der Waals surface area contributed by atoms with Crippen LogP contribution in [0.5, 0.6) is 0 Å². The summed E-state index contributed by atoms with van der Waals surface area (Å²) in [7, 11) is 0. The van der Waals surface area contributed by atoms with E-state index >= 15 is 0 Å². The van der Waals surface area contributed by atoms with Crippen molar-refractivity contribution < 1.29 is 0 Å². The molecule has 0 heterocycles. The number of nitrogens with one attached hydrogen (secondary N) is 2. The van der Waals surface area contributed by atoms with Gasteiger partial charge in [-0.05, 0) is 68.2 Å². The lowest BCUT2D eigenvalue weighted by molar-refractivity contribution is 0.608. The number of fused-ring (bicyclic) bond motifs is 1. The summed E-state index contributed by atoms with van der Waals surface area (Å²) >= 11 is 0. The molecule has 0 atom stereocenters. The summed E-state index contributed by atoms with van der Waals surface area (Å²) in [5, 5.41) is 7.07. The summed E-state index contributed by atoms with van der Waals surface area (Å²) in [6, 6.07) is 7.97. The van der Waals surface area contributed by atoms with Crippen LogP contribution >= 0.6 is 0 Å². The Morgan fingerprint density at radius 3 is 2.63 bits per heavy atom. The molecule has 0 bridgehead atoms. The van der Waals surface area contributed by atoms with Crippen molar-refractivity contribution in [1.82, 2.24) is 10.6 Å². The molecule has 2 aliphatic rings. The molecule has 1 aromatic carbocycles. The minimum atomic E-state index is 0.836. The first kappa shape index (κ1) is 13.1. The molecule has 2 aliphatic carbocycles. The topological polar surface area (TPSA) is 24.1 Å². The third kappa shape index (κ3) is 4.05. The van der Waals surface area contributed by atoms with E-state index < -0.39 is 0 Å². The Morgan fingerprint density at radius 1 is 0.947 bits per heavy atom. The van der Waals surface area contributed by atoms with Gasteiger partial charge in [0.05, 0.1) is 0 Å². The number of hydrogen-bond acceptors (Lipinski definition) is 2. The van der Waals surface area contributed by atoms with Crippen molar-refractivity contribution in [2.75, 3.05) is 19.6 Å². The van der Waals surface area contributed by atoms with E-state index in [1.807, 2.05) is 0 Å². The molecule has 1 aromatic rings. The van der Waals surface area contributed by atoms with Gasteiger partial charge in [-0.3, -0.25) is 0 Å². The third-order valence-corrected chi connectivity index (χ3v) is 4.32. The second-order valence-corrected chi connectivity index (χ2v) is 6.04. The maximum Gasteiger partial charge on any atom is 0.00793 e. The van der Waals surface area contributed by atoms with Gasteiger partial charge in [0, 0.05) is 19.1 Å². The second-order valence-electron chi connectivity index (χ2n) is 6.04. The van der Waals surface area contributed by atoms with E-state index in [9.17, 15) is 0 Å². The maximum absolute atomic E-state index is 3.53. The fourth-order valence-corrected chi connectivity index (χ4v) is 2.95. The predicted molar refractivity (Wildman–Crippen MR) is 80.7 cm³/mol. The van der Waals surface area contributed by atoms with Crippen molar-refractivity contribution >= 4 is 0 Å². The maximum atomic E-state index is 3.53. The molecule has 0 spiro atoms. The van der Waals surface area contributed by atoms with Gasteiger partial charge in [-0.2, -0.15) is 0 Å². The summed E-state index contributed by atoms with van der Waals surface area (Å²) in [5.74, 6) is 0. The summed E-state index contributed by atoms with van der Waals surface area (Å²) < 4.78 is 0. The van der Waals surface area contributed by atoms with Crippen LogP contribution in [0.25, 0.3) is 0 Å². The second kappa shape index (κ2) is 6.53. The SMILES string of the molecule is c1cc2c(cc1CCNCCNC1CC1)CCCC2. The number of aryl methyl sites for hydroxylation is 2. The van der Waals surface area contributed by atoms with Crippen molar-refractivity contribution in [1.29, 1.82) is 0 Å². The van der Waals surface area contributed by atoms with Gasteiger partial charge in [0.2, 0.25) is 0 Å². The summed E-state index contributed by atoms with van der Waals surface area (Å²) in [6.45, 7) is 3.32. The normalized spacial score (nSPS) is 18.3. The van der Waals surface area contributed by atoms with Crippen molar-refractivity contribution in [2.24, 2.45) is 0 Å². The van der Waals surface area contributed by atoms with Gasteiger partial charge in [-0.15, -0.1) is 0 Å². The lowest BCUT2D eigenvalue weighted by Gasteiger charge is -2.16. The number of benzene rings is 1. The Bertz CT molecular complexity index is 410. The van der Waals surface area contributed by atoms with Crippen LogP contribution in [0, 0.1) is 0 Å². The number of hydrogen-bond donors (Lipinski definition) is 2. The van der Waals surface area contributed by atoms with Crippen LogP contribution in [-0.2, 0) is 19.3 Å². The Labute approximate surface area is 117 Å². The summed E-state index contributed by atoms with van der Waals surface area (Å²) in [6.07, 6.45) is 9.27. The minimum Gasteiger partial charge on any atom is -0.315 e. The minimum absolute atomic E-state index is 0.836. The van der Waals surface area contributed by atoms with Crippen LogP contribution in [0.2, 0.25) is 0 Å². The zero-order chi connectivity index (χ0) is 12.9. The van der Waals surface area contributed by atoms with Gasteiger partial charge in [0.25, 0.3) is 0 Å². The van der Waals surface area contributed by atoms with Gasteiger partial charge >= 0.3 is 0 Å². The Balaban J connectivity index is 1.37. The van der Waals surface area contributed by atoms with Gasteiger partial charge in [0.1, 0.15) is 0 Å². The zero-order valence-corrected chi connectivity index (χ0v) is 11.9. The summed E-state index contributed by atoms with van der Waals surface area (Å²) in [4.78, 5) is 0. The fourth-order valence-electron chi connectivity index (χ4n) is 2.95. The quantitative estimate of drug-likeness (QED) is 0.734. The van der Waals surface area contributed by atoms with Gasteiger partial charge in [-0.25, -0.2) is 0 Å². The molecule has 0 saturated heterocycles. The molecule has 1 saturated carbocycles. The molecule has 0 radical (unpaired) electrons. The molecule has 1 fully saturated rings. The van der Waals surface area contributed by atoms with Crippen molar-refractivity contribution in [3.05, 3.63) is 34.9 Å². The van der Waals surface area contributed by atoms with Crippen LogP contribution in [0.4, 0.5) is 0 Å². The third-order valence-electron chi connectivity index (χ3n) is 4.32. The molecule has 2 nitrogen and oxygen atoms in total. The average Bonchev–Trinajstić information content (AvgIpc) is 3.27. The molecule has 104 valence electrons. The Morgan fingerprint density at radius 2 is 1.79 bits per heavy atom. The van der Waals surface area contributed by atoms with Crippen LogP contribution in [-0.4, -0.2) is 25.7 Å². The molecular formula is C17H26N2. The monoisotopic (exact) mass is 258 g/mol. The van der Waals surface area contributed by atoms with Gasteiger partial charge in [-0.1, -0.05) is 18.2 Å². The van der Waals surface area contributed by atoms with E-state index in [1.165, 1.54) is 44.1 Å². The zero-order valence-electron chi connectivity index (χ0n) is 11.9. The van der Waals surface area contributed by atoms with Crippen LogP contribution in [0.3, 0.4) is 0 Å². The van der Waals surface area contributed by atoms with E-state index in [1.54, 1.807) is 11.1 Å². The lowest BCUT2D eigenvalue weighted by atomic mass is 9.90. The predicted octanol–water partition coefficient (Wildman–Crippen LogP) is 2.45. The highest BCUT2D eigenvalue weighted by atomic mass is 15.0. The first-order chi connectivity index (χ1) is 9.42. The highest BCUT2D eigenvalue weighted by molar-refractivity contribution is 5.33. The fraction of sp³-hybridized carbons (Fsp3) is 0.647.